The first-order chi connectivity index (χ1) is 5.88. The highest BCUT2D eigenvalue weighted by atomic mass is 16.5. The van der Waals surface area contributed by atoms with Crippen molar-refractivity contribution in [3.8, 4) is 5.75 Å². The molecule has 0 spiro atoms. The fourth-order valence-electron chi connectivity index (χ4n) is 1.48. The van der Waals surface area contributed by atoms with Gasteiger partial charge in [0.1, 0.15) is 12.4 Å². The standard InChI is InChI=1S/C10H13NO/c1-8-3-2-4-10-9(8)7-11-5-6-12-10/h2-4,11H,5-7H2,1H3. The van der Waals surface area contributed by atoms with Gasteiger partial charge < -0.3 is 10.1 Å². The topological polar surface area (TPSA) is 21.3 Å². The zero-order valence-electron chi connectivity index (χ0n) is 7.26. The number of benzene rings is 1. The largest absolute Gasteiger partial charge is 0.492 e. The van der Waals surface area contributed by atoms with Crippen molar-refractivity contribution in [2.75, 3.05) is 13.2 Å². The lowest BCUT2D eigenvalue weighted by atomic mass is 10.1. The first kappa shape index (κ1) is 7.62. The van der Waals surface area contributed by atoms with Crippen LogP contribution in [0.15, 0.2) is 18.2 Å². The van der Waals surface area contributed by atoms with Gasteiger partial charge in [0.15, 0.2) is 0 Å². The summed E-state index contributed by atoms with van der Waals surface area (Å²) >= 11 is 0. The van der Waals surface area contributed by atoms with Crippen LogP contribution in [0.2, 0.25) is 0 Å². The van der Waals surface area contributed by atoms with Crippen molar-refractivity contribution in [2.45, 2.75) is 13.5 Å². The molecule has 0 fully saturated rings. The van der Waals surface area contributed by atoms with E-state index in [1.807, 2.05) is 12.1 Å². The van der Waals surface area contributed by atoms with Gasteiger partial charge in [-0.25, -0.2) is 0 Å². The fraction of sp³-hybridized carbons (Fsp3) is 0.400. The SMILES string of the molecule is Cc1cccc2c1CNCCO2. The quantitative estimate of drug-likeness (QED) is 0.625. The van der Waals surface area contributed by atoms with Crippen LogP contribution in [-0.2, 0) is 6.54 Å². The molecular formula is C10H13NO. The van der Waals surface area contributed by atoms with Crippen LogP contribution < -0.4 is 10.1 Å². The van der Waals surface area contributed by atoms with E-state index in [0.29, 0.717) is 0 Å². The van der Waals surface area contributed by atoms with Gasteiger partial charge in [-0.1, -0.05) is 12.1 Å². The van der Waals surface area contributed by atoms with Crippen molar-refractivity contribution >= 4 is 0 Å². The zero-order chi connectivity index (χ0) is 8.39. The first-order valence-corrected chi connectivity index (χ1v) is 4.30. The molecule has 0 saturated heterocycles. The number of aryl methyl sites for hydroxylation is 1. The van der Waals surface area contributed by atoms with Gasteiger partial charge in [0.05, 0.1) is 0 Å². The maximum atomic E-state index is 5.57. The van der Waals surface area contributed by atoms with Gasteiger partial charge >= 0.3 is 0 Å². The molecule has 0 amide bonds. The van der Waals surface area contributed by atoms with E-state index in [0.717, 1.165) is 25.4 Å². The summed E-state index contributed by atoms with van der Waals surface area (Å²) in [5, 5.41) is 3.32. The average Bonchev–Trinajstić information content (AvgIpc) is 2.30. The van der Waals surface area contributed by atoms with Crippen LogP contribution >= 0.6 is 0 Å². The molecule has 2 heteroatoms. The Hall–Kier alpha value is -1.02. The zero-order valence-corrected chi connectivity index (χ0v) is 7.26. The molecule has 1 aromatic carbocycles. The van der Waals surface area contributed by atoms with Gasteiger partial charge in [0.2, 0.25) is 0 Å². The average molecular weight is 163 g/mol. The van der Waals surface area contributed by atoms with Crippen molar-refractivity contribution in [2.24, 2.45) is 0 Å². The predicted octanol–water partition coefficient (Wildman–Crippen LogP) is 1.48. The summed E-state index contributed by atoms with van der Waals surface area (Å²) in [6.07, 6.45) is 0. The Kier molecular flexibility index (Phi) is 2.00. The number of hydrogen-bond donors (Lipinski definition) is 1. The molecule has 0 aromatic heterocycles. The van der Waals surface area contributed by atoms with Crippen molar-refractivity contribution in [1.29, 1.82) is 0 Å². The van der Waals surface area contributed by atoms with Crippen LogP contribution in [0.1, 0.15) is 11.1 Å². The molecule has 64 valence electrons. The number of ether oxygens (including phenoxy) is 1. The van der Waals surface area contributed by atoms with Gasteiger partial charge in [-0.15, -0.1) is 0 Å². The van der Waals surface area contributed by atoms with E-state index in [-0.39, 0.29) is 0 Å². The van der Waals surface area contributed by atoms with E-state index in [4.69, 9.17) is 4.74 Å². The molecule has 12 heavy (non-hydrogen) atoms. The molecule has 0 radical (unpaired) electrons. The molecular weight excluding hydrogens is 150 g/mol. The second-order valence-corrected chi connectivity index (χ2v) is 3.08. The van der Waals surface area contributed by atoms with Crippen molar-refractivity contribution < 1.29 is 4.74 Å². The summed E-state index contributed by atoms with van der Waals surface area (Å²) in [5.74, 6) is 1.04. The molecule has 1 aliphatic heterocycles. The Morgan fingerprint density at radius 2 is 2.33 bits per heavy atom. The third-order valence-corrected chi connectivity index (χ3v) is 2.21. The van der Waals surface area contributed by atoms with Crippen LogP contribution in [0.25, 0.3) is 0 Å². The van der Waals surface area contributed by atoms with Crippen molar-refractivity contribution in [3.05, 3.63) is 29.3 Å². The highest BCUT2D eigenvalue weighted by Gasteiger charge is 2.08. The summed E-state index contributed by atoms with van der Waals surface area (Å²) < 4.78 is 5.57. The molecule has 1 aromatic rings. The van der Waals surface area contributed by atoms with Gasteiger partial charge in [-0.05, 0) is 18.6 Å². The molecule has 0 unspecified atom stereocenters. The summed E-state index contributed by atoms with van der Waals surface area (Å²) in [4.78, 5) is 0. The van der Waals surface area contributed by atoms with Crippen LogP contribution in [0.5, 0.6) is 5.75 Å². The van der Waals surface area contributed by atoms with Crippen molar-refractivity contribution in [1.82, 2.24) is 5.32 Å². The molecule has 0 aliphatic carbocycles. The van der Waals surface area contributed by atoms with Crippen LogP contribution in [0, 0.1) is 6.92 Å². The Labute approximate surface area is 72.5 Å². The summed E-state index contributed by atoms with van der Waals surface area (Å²) in [6.45, 7) is 4.77. The van der Waals surface area contributed by atoms with Crippen LogP contribution in [-0.4, -0.2) is 13.2 Å². The maximum absolute atomic E-state index is 5.57. The molecule has 0 saturated carbocycles. The molecule has 1 heterocycles. The molecule has 2 nitrogen and oxygen atoms in total. The molecule has 2 rings (SSSR count). The monoisotopic (exact) mass is 163 g/mol. The number of fused-ring (bicyclic) bond motifs is 1. The van der Waals surface area contributed by atoms with Crippen LogP contribution in [0.3, 0.4) is 0 Å². The number of rotatable bonds is 0. The maximum Gasteiger partial charge on any atom is 0.124 e. The minimum absolute atomic E-state index is 0.774. The minimum Gasteiger partial charge on any atom is -0.492 e. The Bertz CT molecular complexity index is 283. The first-order valence-electron chi connectivity index (χ1n) is 4.30. The summed E-state index contributed by atoms with van der Waals surface area (Å²) in [5.41, 5.74) is 2.61. The van der Waals surface area contributed by atoms with Gasteiger partial charge in [0.25, 0.3) is 0 Å². The minimum atomic E-state index is 0.774. The van der Waals surface area contributed by atoms with Gasteiger partial charge in [-0.3, -0.25) is 0 Å². The van der Waals surface area contributed by atoms with E-state index >= 15 is 0 Å². The van der Waals surface area contributed by atoms with E-state index < -0.39 is 0 Å². The van der Waals surface area contributed by atoms with Crippen molar-refractivity contribution in [3.63, 3.8) is 0 Å². The Balaban J connectivity index is 2.42. The Morgan fingerprint density at radius 3 is 3.25 bits per heavy atom. The molecule has 0 bridgehead atoms. The lowest BCUT2D eigenvalue weighted by Gasteiger charge is -2.07. The molecule has 1 N–H and O–H groups in total. The van der Waals surface area contributed by atoms with E-state index in [9.17, 15) is 0 Å². The fourth-order valence-corrected chi connectivity index (χ4v) is 1.48. The molecule has 1 aliphatic rings. The predicted molar refractivity (Wildman–Crippen MR) is 48.4 cm³/mol. The number of nitrogens with one attached hydrogen (secondary N) is 1. The highest BCUT2D eigenvalue weighted by Crippen LogP contribution is 2.22. The summed E-state index contributed by atoms with van der Waals surface area (Å²) in [7, 11) is 0. The normalized spacial score (nSPS) is 16.1. The second-order valence-electron chi connectivity index (χ2n) is 3.08. The second kappa shape index (κ2) is 3.15. The lowest BCUT2D eigenvalue weighted by molar-refractivity contribution is 0.325. The van der Waals surface area contributed by atoms with Gasteiger partial charge in [0, 0.05) is 18.7 Å². The third-order valence-electron chi connectivity index (χ3n) is 2.21. The van der Waals surface area contributed by atoms with E-state index in [1.165, 1.54) is 11.1 Å². The van der Waals surface area contributed by atoms with Crippen LogP contribution in [0.4, 0.5) is 0 Å². The van der Waals surface area contributed by atoms with Gasteiger partial charge in [-0.2, -0.15) is 0 Å². The smallest absolute Gasteiger partial charge is 0.124 e. The number of hydrogen-bond acceptors (Lipinski definition) is 2. The van der Waals surface area contributed by atoms with E-state index in [2.05, 4.69) is 18.3 Å². The summed E-state index contributed by atoms with van der Waals surface area (Å²) in [6, 6.07) is 6.20. The Morgan fingerprint density at radius 1 is 1.42 bits per heavy atom. The third kappa shape index (κ3) is 1.30. The van der Waals surface area contributed by atoms with E-state index in [1.54, 1.807) is 0 Å². The highest BCUT2D eigenvalue weighted by molar-refractivity contribution is 5.39. The molecule has 0 atom stereocenters. The lowest BCUT2D eigenvalue weighted by Crippen LogP contribution is -2.16.